The van der Waals surface area contributed by atoms with Crippen molar-refractivity contribution < 1.29 is 14.5 Å². The predicted octanol–water partition coefficient (Wildman–Crippen LogP) is 4.60. The zero-order valence-electron chi connectivity index (χ0n) is 16.2. The third kappa shape index (κ3) is 5.53. The average molecular weight is 404 g/mol. The zero-order chi connectivity index (χ0) is 20.8. The molecule has 8 heteroatoms. The van der Waals surface area contributed by atoms with Crippen LogP contribution in [0.2, 0.25) is 5.02 Å². The Morgan fingerprint density at radius 1 is 1.29 bits per heavy atom. The van der Waals surface area contributed by atoms with E-state index in [-0.39, 0.29) is 23.2 Å². The smallest absolute Gasteiger partial charge is 0.288 e. The first-order valence-corrected chi connectivity index (χ1v) is 9.07. The van der Waals surface area contributed by atoms with Crippen LogP contribution >= 0.6 is 11.6 Å². The molecule has 2 aromatic carbocycles. The molecule has 28 heavy (non-hydrogen) atoms. The van der Waals surface area contributed by atoms with Gasteiger partial charge in [0.15, 0.2) is 6.61 Å². The second kappa shape index (κ2) is 9.32. The number of hydrazone groups is 1. The first-order chi connectivity index (χ1) is 13.2. The van der Waals surface area contributed by atoms with Crippen molar-refractivity contribution in [1.29, 1.82) is 0 Å². The van der Waals surface area contributed by atoms with Gasteiger partial charge in [-0.1, -0.05) is 43.6 Å². The Balaban J connectivity index is 2.03. The van der Waals surface area contributed by atoms with Crippen LogP contribution in [0, 0.1) is 17.0 Å². The molecule has 1 N–H and O–H groups in total. The Morgan fingerprint density at radius 2 is 2.00 bits per heavy atom. The van der Waals surface area contributed by atoms with Gasteiger partial charge in [0.1, 0.15) is 10.8 Å². The molecule has 0 aliphatic rings. The summed E-state index contributed by atoms with van der Waals surface area (Å²) in [7, 11) is 0. The van der Waals surface area contributed by atoms with E-state index in [2.05, 4.69) is 24.4 Å². The number of hydrogen-bond acceptors (Lipinski definition) is 5. The maximum Gasteiger partial charge on any atom is 0.288 e. The van der Waals surface area contributed by atoms with Crippen molar-refractivity contribution in [3.05, 3.63) is 68.2 Å². The van der Waals surface area contributed by atoms with E-state index in [1.54, 1.807) is 13.0 Å². The van der Waals surface area contributed by atoms with E-state index in [1.807, 2.05) is 25.1 Å². The number of benzene rings is 2. The number of nitrogens with one attached hydrogen (secondary N) is 1. The monoisotopic (exact) mass is 403 g/mol. The van der Waals surface area contributed by atoms with E-state index in [0.29, 0.717) is 17.0 Å². The third-order valence-electron chi connectivity index (χ3n) is 4.06. The van der Waals surface area contributed by atoms with Crippen LogP contribution in [0.3, 0.4) is 0 Å². The highest BCUT2D eigenvalue weighted by molar-refractivity contribution is 6.32. The first-order valence-electron chi connectivity index (χ1n) is 8.69. The summed E-state index contributed by atoms with van der Waals surface area (Å²) >= 11 is 5.80. The minimum absolute atomic E-state index is 0.0399. The summed E-state index contributed by atoms with van der Waals surface area (Å²) in [5.41, 5.74) is 5.13. The summed E-state index contributed by atoms with van der Waals surface area (Å²) < 4.78 is 5.66. The van der Waals surface area contributed by atoms with Gasteiger partial charge in [0, 0.05) is 11.6 Å². The van der Waals surface area contributed by atoms with Crippen LogP contribution in [0.15, 0.2) is 41.5 Å². The molecular weight excluding hydrogens is 382 g/mol. The molecule has 2 aromatic rings. The lowest BCUT2D eigenvalue weighted by Crippen LogP contribution is -2.26. The summed E-state index contributed by atoms with van der Waals surface area (Å²) in [6, 6.07) is 10.2. The number of nitrogens with zero attached hydrogens (tertiary/aromatic N) is 2. The maximum atomic E-state index is 12.1. The van der Waals surface area contributed by atoms with Gasteiger partial charge < -0.3 is 4.74 Å². The van der Waals surface area contributed by atoms with Crippen molar-refractivity contribution in [1.82, 2.24) is 5.43 Å². The molecule has 0 unspecified atom stereocenters. The molecule has 0 aliphatic carbocycles. The van der Waals surface area contributed by atoms with Crippen molar-refractivity contribution in [3.8, 4) is 5.75 Å². The largest absolute Gasteiger partial charge is 0.483 e. The molecule has 0 aliphatic heterocycles. The fourth-order valence-electron chi connectivity index (χ4n) is 2.51. The highest BCUT2D eigenvalue weighted by Gasteiger charge is 2.14. The normalized spacial score (nSPS) is 11.4. The van der Waals surface area contributed by atoms with E-state index < -0.39 is 10.8 Å². The predicted molar refractivity (Wildman–Crippen MR) is 109 cm³/mol. The number of hydrogen-bond donors (Lipinski definition) is 1. The van der Waals surface area contributed by atoms with Gasteiger partial charge in [-0.3, -0.25) is 14.9 Å². The summed E-state index contributed by atoms with van der Waals surface area (Å²) in [5, 5.41) is 15.0. The minimum atomic E-state index is -0.570. The molecule has 2 rings (SSSR count). The van der Waals surface area contributed by atoms with Gasteiger partial charge in [-0.05, 0) is 43.0 Å². The van der Waals surface area contributed by atoms with Crippen LogP contribution < -0.4 is 10.2 Å². The van der Waals surface area contributed by atoms with Gasteiger partial charge in [-0.25, -0.2) is 5.43 Å². The number of carbonyl (C=O) groups excluding carboxylic acids is 1. The fraction of sp³-hybridized carbons (Fsp3) is 0.300. The molecular formula is C20H22ClN3O4. The molecule has 0 spiro atoms. The van der Waals surface area contributed by atoms with E-state index in [1.165, 1.54) is 12.1 Å². The quantitative estimate of drug-likeness (QED) is 0.415. The molecule has 0 aromatic heterocycles. The molecule has 148 valence electrons. The van der Waals surface area contributed by atoms with Crippen molar-refractivity contribution in [3.63, 3.8) is 0 Å². The summed E-state index contributed by atoms with van der Waals surface area (Å²) in [6.45, 7) is 7.50. The molecule has 0 saturated carbocycles. The van der Waals surface area contributed by atoms with E-state index in [0.717, 1.165) is 11.1 Å². The van der Waals surface area contributed by atoms with Crippen molar-refractivity contribution in [2.45, 2.75) is 33.6 Å². The van der Waals surface area contributed by atoms with E-state index in [4.69, 9.17) is 16.3 Å². The second-order valence-electron chi connectivity index (χ2n) is 6.64. The van der Waals surface area contributed by atoms with Crippen LogP contribution in [0.5, 0.6) is 5.75 Å². The van der Waals surface area contributed by atoms with Crippen LogP contribution in [0.4, 0.5) is 5.69 Å². The number of carbonyl (C=O) groups is 1. The second-order valence-corrected chi connectivity index (χ2v) is 7.05. The van der Waals surface area contributed by atoms with Crippen molar-refractivity contribution in [2.24, 2.45) is 5.10 Å². The van der Waals surface area contributed by atoms with Gasteiger partial charge in [0.25, 0.3) is 11.6 Å². The molecule has 0 bridgehead atoms. The number of aryl methyl sites for hydroxylation is 1. The zero-order valence-corrected chi connectivity index (χ0v) is 16.9. The van der Waals surface area contributed by atoms with Gasteiger partial charge in [-0.15, -0.1) is 0 Å². The summed E-state index contributed by atoms with van der Waals surface area (Å²) in [4.78, 5) is 22.5. The number of amides is 1. The average Bonchev–Trinajstić information content (AvgIpc) is 2.64. The van der Waals surface area contributed by atoms with Gasteiger partial charge >= 0.3 is 0 Å². The highest BCUT2D eigenvalue weighted by Crippen LogP contribution is 2.27. The Hall–Kier alpha value is -2.93. The van der Waals surface area contributed by atoms with Crippen molar-refractivity contribution in [2.75, 3.05) is 6.61 Å². The fourth-order valence-corrected chi connectivity index (χ4v) is 2.69. The Morgan fingerprint density at radius 3 is 2.64 bits per heavy atom. The topological polar surface area (TPSA) is 93.8 Å². The molecule has 0 atom stereocenters. The summed E-state index contributed by atoms with van der Waals surface area (Å²) in [6.07, 6.45) is 0. The Kier molecular flexibility index (Phi) is 7.12. The molecule has 1 amide bonds. The number of rotatable bonds is 7. The maximum absolute atomic E-state index is 12.1. The van der Waals surface area contributed by atoms with E-state index in [9.17, 15) is 14.9 Å². The van der Waals surface area contributed by atoms with Gasteiger partial charge in [0.2, 0.25) is 0 Å². The molecule has 0 saturated heterocycles. The van der Waals surface area contributed by atoms with Crippen LogP contribution in [0.25, 0.3) is 0 Å². The Bertz CT molecular complexity index is 926. The standard InChI is InChI=1S/C20H22ClN3O4/c1-12(2)16-7-5-13(3)9-19(16)28-11-20(25)23-22-14(4)15-6-8-17(21)18(10-15)24(26)27/h5-10,12H,11H2,1-4H3,(H,23,25)/b22-14-. The van der Waals surface area contributed by atoms with Crippen molar-refractivity contribution >= 4 is 28.9 Å². The molecule has 0 heterocycles. The number of nitro groups is 1. The van der Waals surface area contributed by atoms with Crippen LogP contribution in [-0.4, -0.2) is 23.1 Å². The molecule has 7 nitrogen and oxygen atoms in total. The lowest BCUT2D eigenvalue weighted by Gasteiger charge is -2.14. The summed E-state index contributed by atoms with van der Waals surface area (Å²) in [5.74, 6) is 0.498. The third-order valence-corrected chi connectivity index (χ3v) is 4.38. The van der Waals surface area contributed by atoms with Crippen LogP contribution in [0.1, 0.15) is 43.4 Å². The lowest BCUT2D eigenvalue weighted by atomic mass is 10.0. The number of nitro benzene ring substituents is 1. The van der Waals surface area contributed by atoms with E-state index >= 15 is 0 Å². The highest BCUT2D eigenvalue weighted by atomic mass is 35.5. The minimum Gasteiger partial charge on any atom is -0.483 e. The Labute approximate surface area is 168 Å². The molecule has 0 fully saturated rings. The van der Waals surface area contributed by atoms with Crippen LogP contribution in [-0.2, 0) is 4.79 Å². The SMILES string of the molecule is C/C(=N/NC(=O)COc1cc(C)ccc1C(C)C)c1ccc(Cl)c([N+](=O)[O-])c1. The van der Waals surface area contributed by atoms with Gasteiger partial charge in [-0.2, -0.15) is 5.10 Å². The number of ether oxygens (including phenoxy) is 1. The lowest BCUT2D eigenvalue weighted by molar-refractivity contribution is -0.384. The van der Waals surface area contributed by atoms with Gasteiger partial charge in [0.05, 0.1) is 10.6 Å². The molecule has 0 radical (unpaired) electrons. The number of halogens is 1. The first kappa shape index (κ1) is 21.4.